The molecule has 1 aliphatic rings. The van der Waals surface area contributed by atoms with Crippen molar-refractivity contribution in [3.05, 3.63) is 66.0 Å². The zero-order valence-electron chi connectivity index (χ0n) is 16.8. The van der Waals surface area contributed by atoms with E-state index >= 15 is 0 Å². The minimum atomic E-state index is -0.273. The largest absolute Gasteiger partial charge is 0.329 e. The van der Waals surface area contributed by atoms with E-state index in [0.717, 1.165) is 53.2 Å². The first-order chi connectivity index (χ1) is 14.6. The number of fused-ring (bicyclic) bond motifs is 1. The van der Waals surface area contributed by atoms with Gasteiger partial charge >= 0.3 is 0 Å². The van der Waals surface area contributed by atoms with E-state index in [1.165, 1.54) is 11.8 Å². The molecule has 0 saturated heterocycles. The summed E-state index contributed by atoms with van der Waals surface area (Å²) in [5.41, 5.74) is 12.7. The molecule has 152 valence electrons. The lowest BCUT2D eigenvalue weighted by molar-refractivity contribution is 0.624. The quantitative estimate of drug-likeness (QED) is 0.551. The second kappa shape index (κ2) is 7.50. The highest BCUT2D eigenvalue weighted by Gasteiger charge is 2.25. The Bertz CT molecular complexity index is 1220. The summed E-state index contributed by atoms with van der Waals surface area (Å²) >= 11 is 0. The third-order valence-corrected chi connectivity index (χ3v) is 5.53. The van der Waals surface area contributed by atoms with E-state index in [9.17, 15) is 4.39 Å². The minimum absolute atomic E-state index is 0.273. The molecular formula is C23H23FN6. The third-order valence-electron chi connectivity index (χ3n) is 5.53. The van der Waals surface area contributed by atoms with Gasteiger partial charge in [-0.15, -0.1) is 0 Å². The van der Waals surface area contributed by atoms with Gasteiger partial charge in [0.05, 0.1) is 18.4 Å². The minimum Gasteiger partial charge on any atom is -0.329 e. The standard InChI is InChI=1S/C23H23FN6/c1-15-4-2-5-20(27-15)23-22(21-6-3-10-30(21)28-23)16-7-8-19(24)18(12-16)17-13-26-29(14-17)11-9-25/h2,4-5,7-8,12-14H,3,6,9-11,25H2,1H3. The van der Waals surface area contributed by atoms with E-state index in [4.69, 9.17) is 10.8 Å². The maximum absolute atomic E-state index is 14.7. The normalized spacial score (nSPS) is 13.0. The zero-order chi connectivity index (χ0) is 20.7. The molecule has 0 atom stereocenters. The number of nitrogens with zero attached hydrogens (tertiary/aromatic N) is 5. The van der Waals surface area contributed by atoms with Gasteiger partial charge in [0.1, 0.15) is 11.5 Å². The van der Waals surface area contributed by atoms with Crippen molar-refractivity contribution < 1.29 is 4.39 Å². The fraction of sp³-hybridized carbons (Fsp3) is 0.261. The van der Waals surface area contributed by atoms with Gasteiger partial charge in [-0.3, -0.25) is 14.3 Å². The molecule has 6 nitrogen and oxygen atoms in total. The van der Waals surface area contributed by atoms with E-state index in [0.29, 0.717) is 18.7 Å². The summed E-state index contributed by atoms with van der Waals surface area (Å²) in [5, 5.41) is 9.15. The number of pyridine rings is 1. The van der Waals surface area contributed by atoms with E-state index < -0.39 is 0 Å². The van der Waals surface area contributed by atoms with Gasteiger partial charge in [0, 0.05) is 47.4 Å². The van der Waals surface area contributed by atoms with Crippen LogP contribution in [0.4, 0.5) is 4.39 Å². The van der Waals surface area contributed by atoms with Crippen molar-refractivity contribution in [3.63, 3.8) is 0 Å². The number of aromatic nitrogens is 5. The average molecular weight is 402 g/mol. The van der Waals surface area contributed by atoms with Crippen molar-refractivity contribution in [2.24, 2.45) is 5.73 Å². The van der Waals surface area contributed by atoms with E-state index in [-0.39, 0.29) is 5.82 Å². The molecule has 4 aromatic rings. The lowest BCUT2D eigenvalue weighted by Crippen LogP contribution is -2.09. The van der Waals surface area contributed by atoms with Crippen LogP contribution in [0.1, 0.15) is 17.8 Å². The number of rotatable bonds is 5. The van der Waals surface area contributed by atoms with Crippen molar-refractivity contribution in [1.29, 1.82) is 0 Å². The molecule has 0 spiro atoms. The van der Waals surface area contributed by atoms with Gasteiger partial charge in [0.2, 0.25) is 0 Å². The summed E-state index contributed by atoms with van der Waals surface area (Å²) in [6.07, 6.45) is 5.54. The molecule has 0 saturated carbocycles. The van der Waals surface area contributed by atoms with Gasteiger partial charge in [-0.1, -0.05) is 12.1 Å². The highest BCUT2D eigenvalue weighted by atomic mass is 19.1. The molecule has 4 heterocycles. The molecule has 0 radical (unpaired) electrons. The van der Waals surface area contributed by atoms with Crippen molar-refractivity contribution in [2.75, 3.05) is 6.54 Å². The second-order valence-electron chi connectivity index (χ2n) is 7.64. The number of halogens is 1. The van der Waals surface area contributed by atoms with Gasteiger partial charge in [-0.2, -0.15) is 10.2 Å². The summed E-state index contributed by atoms with van der Waals surface area (Å²) < 4.78 is 18.6. The zero-order valence-corrected chi connectivity index (χ0v) is 16.8. The first kappa shape index (κ1) is 18.7. The van der Waals surface area contributed by atoms with Crippen molar-refractivity contribution in [1.82, 2.24) is 24.5 Å². The number of aryl methyl sites for hydroxylation is 2. The predicted molar refractivity (Wildman–Crippen MR) is 114 cm³/mol. The van der Waals surface area contributed by atoms with Gasteiger partial charge in [-0.05, 0) is 49.6 Å². The Balaban J connectivity index is 1.66. The summed E-state index contributed by atoms with van der Waals surface area (Å²) in [4.78, 5) is 4.69. The first-order valence-electron chi connectivity index (χ1n) is 10.2. The Morgan fingerprint density at radius 2 is 2.07 bits per heavy atom. The van der Waals surface area contributed by atoms with Crippen LogP contribution in [0, 0.1) is 12.7 Å². The predicted octanol–water partition coefficient (Wildman–Crippen LogP) is 3.83. The summed E-state index contributed by atoms with van der Waals surface area (Å²) in [7, 11) is 0. The topological polar surface area (TPSA) is 74.5 Å². The third kappa shape index (κ3) is 3.21. The monoisotopic (exact) mass is 402 g/mol. The van der Waals surface area contributed by atoms with E-state index in [2.05, 4.69) is 14.8 Å². The molecule has 5 rings (SSSR count). The molecular weight excluding hydrogens is 379 g/mol. The summed E-state index contributed by atoms with van der Waals surface area (Å²) in [6.45, 7) is 3.95. The molecule has 1 aliphatic heterocycles. The van der Waals surface area contributed by atoms with E-state index in [1.54, 1.807) is 10.9 Å². The Labute approximate surface area is 174 Å². The number of hydrogen-bond donors (Lipinski definition) is 1. The number of hydrogen-bond acceptors (Lipinski definition) is 4. The first-order valence-corrected chi connectivity index (χ1v) is 10.2. The van der Waals surface area contributed by atoms with Crippen LogP contribution in [0.15, 0.2) is 48.8 Å². The lowest BCUT2D eigenvalue weighted by atomic mass is 9.96. The maximum atomic E-state index is 14.7. The fourth-order valence-corrected chi connectivity index (χ4v) is 4.15. The van der Waals surface area contributed by atoms with Crippen molar-refractivity contribution in [2.45, 2.75) is 32.9 Å². The average Bonchev–Trinajstić information content (AvgIpc) is 3.45. The Hall–Kier alpha value is -3.32. The van der Waals surface area contributed by atoms with Crippen molar-refractivity contribution in [3.8, 4) is 33.6 Å². The van der Waals surface area contributed by atoms with E-state index in [1.807, 2.05) is 43.5 Å². The molecule has 0 bridgehead atoms. The van der Waals surface area contributed by atoms with Crippen LogP contribution in [0.2, 0.25) is 0 Å². The number of benzene rings is 1. The van der Waals surface area contributed by atoms with Crippen LogP contribution in [0.5, 0.6) is 0 Å². The molecule has 30 heavy (non-hydrogen) atoms. The lowest BCUT2D eigenvalue weighted by Gasteiger charge is -2.09. The van der Waals surface area contributed by atoms with Crippen molar-refractivity contribution >= 4 is 0 Å². The Kier molecular flexibility index (Phi) is 4.67. The fourth-order valence-electron chi connectivity index (χ4n) is 4.15. The van der Waals surface area contributed by atoms with Crippen LogP contribution in [0.25, 0.3) is 33.6 Å². The maximum Gasteiger partial charge on any atom is 0.131 e. The molecule has 2 N–H and O–H groups in total. The highest BCUT2D eigenvalue weighted by Crippen LogP contribution is 2.38. The summed E-state index contributed by atoms with van der Waals surface area (Å²) in [6, 6.07) is 11.2. The molecule has 1 aromatic carbocycles. The van der Waals surface area contributed by atoms with Gasteiger partial charge in [0.15, 0.2) is 0 Å². The molecule has 0 fully saturated rings. The van der Waals surface area contributed by atoms with Crippen LogP contribution in [-0.2, 0) is 19.5 Å². The van der Waals surface area contributed by atoms with Gasteiger partial charge in [-0.25, -0.2) is 4.39 Å². The number of nitrogens with two attached hydrogens (primary N) is 1. The Morgan fingerprint density at radius 1 is 1.17 bits per heavy atom. The molecule has 0 amide bonds. The molecule has 7 heteroatoms. The van der Waals surface area contributed by atoms with Gasteiger partial charge < -0.3 is 5.73 Å². The SMILES string of the molecule is Cc1cccc(-c2nn3c(c2-c2ccc(F)c(-c4cnn(CCN)c4)c2)CCC3)n1. The molecule has 3 aromatic heterocycles. The van der Waals surface area contributed by atoms with Crippen LogP contribution < -0.4 is 5.73 Å². The Morgan fingerprint density at radius 3 is 2.90 bits per heavy atom. The highest BCUT2D eigenvalue weighted by molar-refractivity contribution is 5.84. The molecule has 0 aliphatic carbocycles. The van der Waals surface area contributed by atoms with Crippen LogP contribution in [-0.4, -0.2) is 31.1 Å². The van der Waals surface area contributed by atoms with Crippen LogP contribution in [0.3, 0.4) is 0 Å². The van der Waals surface area contributed by atoms with Crippen LogP contribution >= 0.6 is 0 Å². The van der Waals surface area contributed by atoms with Gasteiger partial charge in [0.25, 0.3) is 0 Å². The second-order valence-corrected chi connectivity index (χ2v) is 7.64. The summed E-state index contributed by atoms with van der Waals surface area (Å²) in [5.74, 6) is -0.273. The smallest absolute Gasteiger partial charge is 0.131 e. The molecule has 0 unspecified atom stereocenters.